The summed E-state index contributed by atoms with van der Waals surface area (Å²) >= 11 is 0. The molecule has 0 unspecified atom stereocenters. The summed E-state index contributed by atoms with van der Waals surface area (Å²) in [6.07, 6.45) is -0.643. The van der Waals surface area contributed by atoms with Crippen LogP contribution in [-0.2, 0) is 106 Å². The predicted octanol–water partition coefficient (Wildman–Crippen LogP) is -3.20. The number of nitrogens with zero attached hydrogens (tertiary/aromatic N) is 2. The van der Waals surface area contributed by atoms with Gasteiger partial charge in [0.25, 0.3) is 0 Å². The van der Waals surface area contributed by atoms with Gasteiger partial charge in [0.15, 0.2) is 0 Å². The summed E-state index contributed by atoms with van der Waals surface area (Å²) in [6.45, 7) is 13.1. The highest BCUT2D eigenvalue weighted by Gasteiger charge is 2.43. The van der Waals surface area contributed by atoms with Crippen LogP contribution in [0.1, 0.15) is 163 Å². The standard InChI is InChI=1S/C82H122N20O22/c1-10-45(8)68(79(121)89-40-66(110)111)100-76(118)56(31-42(2)3)91-63(105)39-88-80(122)69(46(9)103)101-77(119)58(33-47-19-12-11-13-20-47)96-73(115)57(32-43(4)5)95-74(116)59(35-49-38-86-41-90-49)97-75(117)60(36-65(108)109)98-78(120)61-24-18-30-102(61)82(124)55(23-16-17-29-83)94-72(114)54(26-28-64(106)107)92-71(113)53(25-27-62(85)104)93-81(123)67(44(6)7)99-70(112)51(84)34-48-37-87-52-22-15-14-21-50(48)52/h11-15,19-22,37-38,41-46,51,53-61,67-69,87,103H,10,16-18,23-36,39-40,83-84H2,1-9H3,(H2,85,104)(H,86,90)(H,88,122)(H,89,121)(H,91,105)(H,92,113)(H,93,123)(H,94,114)(H,95,116)(H,96,115)(H,97,117)(H,98,120)(H,99,112)(H,100,118)(H,101,119)(H,106,107)(H,108,109)(H,110,111)/t45-,46+,51-,53-,54-,55-,56-,57-,58-,59-,60-,61-,67-,68-,69-/m0/s1. The second-order valence-electron chi connectivity index (χ2n) is 32.1. The molecule has 124 heavy (non-hydrogen) atoms. The number of aromatic amines is 2. The van der Waals surface area contributed by atoms with Crippen LogP contribution in [-0.4, -0.2) is 258 Å². The van der Waals surface area contributed by atoms with Gasteiger partial charge < -0.3 is 122 Å². The van der Waals surface area contributed by atoms with Crippen molar-refractivity contribution < 1.29 is 107 Å². The summed E-state index contributed by atoms with van der Waals surface area (Å²) in [5.41, 5.74) is 19.8. The summed E-state index contributed by atoms with van der Waals surface area (Å²) in [7, 11) is 0. The number of aliphatic carboxylic acids is 3. The Labute approximate surface area is 717 Å². The molecule has 0 bridgehead atoms. The predicted molar refractivity (Wildman–Crippen MR) is 447 cm³/mol. The van der Waals surface area contributed by atoms with Gasteiger partial charge in [0.05, 0.1) is 37.1 Å². The van der Waals surface area contributed by atoms with Gasteiger partial charge in [-0.15, -0.1) is 0 Å². The maximum Gasteiger partial charge on any atom is 0.322 e. The number of unbranched alkanes of at least 4 members (excludes halogenated alkanes) is 1. The zero-order valence-corrected chi connectivity index (χ0v) is 71.2. The minimum absolute atomic E-state index is 0.0515. The first-order valence-corrected chi connectivity index (χ1v) is 41.4. The van der Waals surface area contributed by atoms with E-state index in [1.165, 1.54) is 12.5 Å². The lowest BCUT2D eigenvalue weighted by atomic mass is 9.96. The monoisotopic (exact) mass is 1740 g/mol. The van der Waals surface area contributed by atoms with Crippen LogP contribution in [0, 0.1) is 23.7 Å². The van der Waals surface area contributed by atoms with E-state index < -0.39 is 255 Å². The summed E-state index contributed by atoms with van der Waals surface area (Å²) < 4.78 is 0. The Morgan fingerprint density at radius 3 is 1.62 bits per heavy atom. The molecule has 0 saturated carbocycles. The minimum Gasteiger partial charge on any atom is -0.481 e. The van der Waals surface area contributed by atoms with Crippen LogP contribution in [0.3, 0.4) is 0 Å². The van der Waals surface area contributed by atoms with E-state index >= 15 is 0 Å². The van der Waals surface area contributed by atoms with Crippen molar-refractivity contribution in [1.82, 2.24) is 89.0 Å². The Kier molecular flexibility index (Phi) is 41.8. The van der Waals surface area contributed by atoms with Crippen molar-refractivity contribution >= 4 is 117 Å². The van der Waals surface area contributed by atoms with E-state index in [0.29, 0.717) is 18.4 Å². The van der Waals surface area contributed by atoms with Crippen molar-refractivity contribution in [3.8, 4) is 0 Å². The third kappa shape index (κ3) is 33.7. The molecule has 4 aromatic rings. The molecule has 1 aliphatic heterocycles. The fourth-order valence-corrected chi connectivity index (χ4v) is 13.7. The fourth-order valence-electron chi connectivity index (χ4n) is 13.7. The summed E-state index contributed by atoms with van der Waals surface area (Å²) in [5.74, 6) is -20.6. The van der Waals surface area contributed by atoms with E-state index in [-0.39, 0.29) is 82.0 Å². The van der Waals surface area contributed by atoms with Crippen LogP contribution < -0.4 is 86.3 Å². The third-order valence-corrected chi connectivity index (χ3v) is 20.6. The number of carboxylic acids is 3. The molecule has 42 heteroatoms. The lowest BCUT2D eigenvalue weighted by Gasteiger charge is -2.31. The van der Waals surface area contributed by atoms with Gasteiger partial charge in [0.1, 0.15) is 79.0 Å². The molecule has 3 heterocycles. The number of hydrogen-bond donors (Lipinski definition) is 22. The number of amides is 15. The molecule has 15 atom stereocenters. The number of aromatic nitrogens is 3. The molecular formula is C82H122N20O22. The molecule has 0 radical (unpaired) electrons. The largest absolute Gasteiger partial charge is 0.481 e. The Bertz CT molecular complexity index is 4330. The van der Waals surface area contributed by atoms with Gasteiger partial charge in [-0.3, -0.25) is 86.3 Å². The average Bonchev–Trinajstić information content (AvgIpc) is 1.64. The number of rotatable bonds is 54. The molecule has 5 rings (SSSR count). The van der Waals surface area contributed by atoms with E-state index in [1.807, 2.05) is 24.3 Å². The Morgan fingerprint density at radius 2 is 1.04 bits per heavy atom. The van der Waals surface area contributed by atoms with Crippen LogP contribution in [0.5, 0.6) is 0 Å². The Balaban J connectivity index is 1.33. The molecule has 15 amide bonds. The number of likely N-dealkylation sites (tertiary alicyclic amines) is 1. The first-order chi connectivity index (χ1) is 58.6. The quantitative estimate of drug-likeness (QED) is 0.0194. The van der Waals surface area contributed by atoms with Gasteiger partial charge in [-0.05, 0) is 119 Å². The molecule has 1 fully saturated rings. The average molecular weight is 1740 g/mol. The first kappa shape index (κ1) is 102. The lowest BCUT2D eigenvalue weighted by molar-refractivity contribution is -0.144. The number of primary amides is 1. The number of para-hydroxylation sites is 1. The van der Waals surface area contributed by atoms with Gasteiger partial charge in [-0.2, -0.15) is 0 Å². The van der Waals surface area contributed by atoms with Crippen LogP contribution in [0.25, 0.3) is 10.9 Å². The van der Waals surface area contributed by atoms with E-state index in [9.17, 15) is 102 Å². The molecule has 1 aliphatic rings. The number of aliphatic hydroxyl groups is 1. The van der Waals surface area contributed by atoms with Crippen molar-refractivity contribution in [2.24, 2.45) is 40.9 Å². The highest BCUT2D eigenvalue weighted by molar-refractivity contribution is 6.01. The topological polar surface area (TPSA) is 670 Å². The fraction of sp³-hybridized carbons (Fsp3) is 0.573. The molecule has 2 aromatic heterocycles. The second kappa shape index (κ2) is 50.8. The number of benzene rings is 2. The van der Waals surface area contributed by atoms with Crippen molar-refractivity contribution in [2.45, 2.75) is 250 Å². The number of carbonyl (C=O) groups excluding carboxylic acids is 15. The molecule has 42 nitrogen and oxygen atoms in total. The Hall–Kier alpha value is -12.5. The maximum atomic E-state index is 14.9. The number of carboxylic acid groups (broad SMARTS) is 3. The number of nitrogens with one attached hydrogen (secondary N) is 15. The lowest BCUT2D eigenvalue weighted by Crippen LogP contribution is -2.61. The first-order valence-electron chi connectivity index (χ1n) is 41.4. The summed E-state index contributed by atoms with van der Waals surface area (Å²) in [6, 6.07) is -4.41. The van der Waals surface area contributed by atoms with Crippen molar-refractivity contribution in [1.29, 1.82) is 0 Å². The molecule has 2 aromatic carbocycles. The van der Waals surface area contributed by atoms with Crippen LogP contribution in [0.2, 0.25) is 0 Å². The second-order valence-corrected chi connectivity index (χ2v) is 32.1. The van der Waals surface area contributed by atoms with Crippen LogP contribution >= 0.6 is 0 Å². The number of fused-ring (bicyclic) bond motifs is 1. The minimum atomic E-state index is -2.00. The van der Waals surface area contributed by atoms with Crippen LogP contribution in [0.15, 0.2) is 73.3 Å². The number of H-pyrrole nitrogens is 2. The van der Waals surface area contributed by atoms with Gasteiger partial charge in [0.2, 0.25) is 88.6 Å². The zero-order chi connectivity index (χ0) is 92.2. The van der Waals surface area contributed by atoms with E-state index in [2.05, 4.69) is 84.1 Å². The number of hydrogen-bond acceptors (Lipinski definition) is 22. The number of nitrogens with two attached hydrogens (primary N) is 3. The van der Waals surface area contributed by atoms with Crippen molar-refractivity contribution in [3.05, 3.63) is 90.1 Å². The smallest absolute Gasteiger partial charge is 0.322 e. The molecule has 0 spiro atoms. The Morgan fingerprint density at radius 1 is 0.516 bits per heavy atom. The normalized spacial score (nSPS) is 15.9. The van der Waals surface area contributed by atoms with E-state index in [1.54, 1.807) is 91.9 Å². The van der Waals surface area contributed by atoms with Crippen molar-refractivity contribution in [2.75, 3.05) is 26.2 Å². The third-order valence-electron chi connectivity index (χ3n) is 20.6. The molecular weight excluding hydrogens is 1620 g/mol. The van der Waals surface area contributed by atoms with Gasteiger partial charge >= 0.3 is 17.9 Å². The molecule has 682 valence electrons. The van der Waals surface area contributed by atoms with E-state index in [0.717, 1.165) is 28.3 Å². The summed E-state index contributed by atoms with van der Waals surface area (Å²) in [5, 5.41) is 73.4. The summed E-state index contributed by atoms with van der Waals surface area (Å²) in [4.78, 5) is 258. The van der Waals surface area contributed by atoms with E-state index in [4.69, 9.17) is 22.3 Å². The van der Waals surface area contributed by atoms with Gasteiger partial charge in [-0.25, -0.2) is 4.98 Å². The SMILES string of the molecule is CC[C@H](C)[C@H](NC(=O)[C@H](CC(C)C)NC(=O)CNC(=O)[C@@H](NC(=O)[C@H](Cc1ccccc1)NC(=O)[C@H](CC(C)C)NC(=O)[C@H](Cc1c[nH]cn1)NC(=O)[C@H](CC(=O)O)NC(=O)[C@@H]1CCCN1C(=O)[C@H](CCCCN)NC(=O)[C@H](CCC(=O)O)NC(=O)[C@H](CCC(N)=O)NC(=O)[C@@H](NC(=O)[C@@H](N)Cc1c[nH]c2ccccc12)C(C)C)[C@@H](C)O)C(=O)NCC(=O)O. The number of imidazole rings is 1. The van der Waals surface area contributed by atoms with Gasteiger partial charge in [-0.1, -0.05) is 110 Å². The molecule has 25 N–H and O–H groups in total. The maximum absolute atomic E-state index is 14.9. The van der Waals surface area contributed by atoms with Gasteiger partial charge in [0, 0.05) is 55.5 Å². The number of aliphatic hydroxyl groups excluding tert-OH is 1. The number of carbonyl (C=O) groups is 18. The van der Waals surface area contributed by atoms with Crippen LogP contribution in [0.4, 0.5) is 0 Å². The highest BCUT2D eigenvalue weighted by Crippen LogP contribution is 2.23. The zero-order valence-electron chi connectivity index (χ0n) is 71.2. The molecule has 1 saturated heterocycles. The molecule has 0 aliphatic carbocycles. The highest BCUT2D eigenvalue weighted by atomic mass is 16.4. The van der Waals surface area contributed by atoms with Crippen molar-refractivity contribution in [3.63, 3.8) is 0 Å².